The summed E-state index contributed by atoms with van der Waals surface area (Å²) in [5, 5.41) is 2.61. The Hall–Kier alpha value is -1.25. The Kier molecular flexibility index (Phi) is 4.83. The highest BCUT2D eigenvalue weighted by molar-refractivity contribution is 5.66. The average Bonchev–Trinajstić information content (AvgIpc) is 2.25. The Balaban J connectivity index is 2.13. The van der Waals surface area contributed by atoms with Gasteiger partial charge in [0.25, 0.3) is 0 Å². The predicted molar refractivity (Wildman–Crippen MR) is 56.0 cm³/mol. The molecule has 0 aliphatic heterocycles. The molecule has 0 saturated carbocycles. The van der Waals surface area contributed by atoms with Crippen LogP contribution in [0.5, 0.6) is 0 Å². The second kappa shape index (κ2) is 6.24. The van der Waals surface area contributed by atoms with Gasteiger partial charge in [-0.3, -0.25) is 0 Å². The summed E-state index contributed by atoms with van der Waals surface area (Å²) < 4.78 is 4.45. The number of hydrogen-bond donors (Lipinski definition) is 1. The second-order valence-electron chi connectivity index (χ2n) is 3.35. The SMILES string of the molecule is COC(=O)NC/C=C/C1CC=CCC1. The molecule has 1 amide bonds. The van der Waals surface area contributed by atoms with Crippen molar-refractivity contribution in [3.8, 4) is 0 Å². The summed E-state index contributed by atoms with van der Waals surface area (Å²) in [4.78, 5) is 10.7. The largest absolute Gasteiger partial charge is 0.453 e. The van der Waals surface area contributed by atoms with Gasteiger partial charge in [-0.25, -0.2) is 4.79 Å². The molecule has 14 heavy (non-hydrogen) atoms. The number of alkyl carbamates (subject to hydrolysis) is 1. The molecule has 0 aromatic rings. The molecule has 1 aliphatic rings. The summed E-state index contributed by atoms with van der Waals surface area (Å²) in [6.45, 7) is 0.548. The number of methoxy groups -OCH3 is 1. The number of nitrogens with one attached hydrogen (secondary N) is 1. The fraction of sp³-hybridized carbons (Fsp3) is 0.545. The molecule has 0 spiro atoms. The molecule has 0 fully saturated rings. The highest BCUT2D eigenvalue weighted by Crippen LogP contribution is 2.18. The maximum Gasteiger partial charge on any atom is 0.407 e. The van der Waals surface area contributed by atoms with E-state index in [1.165, 1.54) is 20.0 Å². The number of rotatable bonds is 3. The summed E-state index contributed by atoms with van der Waals surface area (Å²) in [7, 11) is 1.37. The van der Waals surface area contributed by atoms with Gasteiger partial charge in [0.05, 0.1) is 7.11 Å². The number of carbonyl (C=O) groups excluding carboxylic acids is 1. The standard InChI is InChI=1S/C11H17NO2/c1-14-11(13)12-9-5-8-10-6-3-2-4-7-10/h2-3,5,8,10H,4,6-7,9H2,1H3,(H,12,13)/b8-5+. The fourth-order valence-corrected chi connectivity index (χ4v) is 1.47. The average molecular weight is 195 g/mol. The van der Waals surface area contributed by atoms with Gasteiger partial charge in [0.2, 0.25) is 0 Å². The summed E-state index contributed by atoms with van der Waals surface area (Å²) in [5.41, 5.74) is 0. The first kappa shape index (κ1) is 10.8. The van der Waals surface area contributed by atoms with Crippen LogP contribution in [0.2, 0.25) is 0 Å². The molecule has 3 heteroatoms. The minimum atomic E-state index is -0.377. The van der Waals surface area contributed by atoms with Gasteiger partial charge in [0, 0.05) is 6.54 Å². The highest BCUT2D eigenvalue weighted by atomic mass is 16.5. The van der Waals surface area contributed by atoms with Crippen molar-refractivity contribution in [2.24, 2.45) is 5.92 Å². The molecular weight excluding hydrogens is 178 g/mol. The molecule has 1 N–H and O–H groups in total. The lowest BCUT2D eigenvalue weighted by molar-refractivity contribution is 0.172. The molecule has 1 rings (SSSR count). The summed E-state index contributed by atoms with van der Waals surface area (Å²) in [6.07, 6.45) is 11.7. The zero-order valence-corrected chi connectivity index (χ0v) is 8.53. The van der Waals surface area contributed by atoms with Crippen molar-refractivity contribution < 1.29 is 9.53 Å². The third-order valence-electron chi connectivity index (χ3n) is 2.27. The molecule has 0 radical (unpaired) electrons. The van der Waals surface area contributed by atoms with Crippen LogP contribution in [0.1, 0.15) is 19.3 Å². The number of amides is 1. The fourth-order valence-electron chi connectivity index (χ4n) is 1.47. The van der Waals surface area contributed by atoms with Crippen molar-refractivity contribution in [3.63, 3.8) is 0 Å². The van der Waals surface area contributed by atoms with Crippen molar-refractivity contribution in [1.29, 1.82) is 0 Å². The van der Waals surface area contributed by atoms with Crippen LogP contribution in [-0.4, -0.2) is 19.7 Å². The van der Waals surface area contributed by atoms with Crippen LogP contribution in [-0.2, 0) is 4.74 Å². The van der Waals surface area contributed by atoms with E-state index in [0.29, 0.717) is 12.5 Å². The number of hydrogen-bond acceptors (Lipinski definition) is 2. The van der Waals surface area contributed by atoms with Crippen LogP contribution in [0.15, 0.2) is 24.3 Å². The van der Waals surface area contributed by atoms with E-state index in [9.17, 15) is 4.79 Å². The van der Waals surface area contributed by atoms with Gasteiger partial charge < -0.3 is 10.1 Å². The monoisotopic (exact) mass is 195 g/mol. The Labute approximate surface area is 84.8 Å². The van der Waals surface area contributed by atoms with Crippen LogP contribution in [0.4, 0.5) is 4.79 Å². The van der Waals surface area contributed by atoms with Crippen molar-refractivity contribution in [2.75, 3.05) is 13.7 Å². The van der Waals surface area contributed by atoms with Gasteiger partial charge in [-0.2, -0.15) is 0 Å². The number of ether oxygens (including phenoxy) is 1. The third-order valence-corrected chi connectivity index (χ3v) is 2.27. The number of allylic oxidation sites excluding steroid dienone is 3. The van der Waals surface area contributed by atoms with Crippen LogP contribution in [0.25, 0.3) is 0 Å². The highest BCUT2D eigenvalue weighted by Gasteiger charge is 2.04. The first-order valence-electron chi connectivity index (χ1n) is 4.96. The van der Waals surface area contributed by atoms with Gasteiger partial charge in [-0.15, -0.1) is 0 Å². The van der Waals surface area contributed by atoms with Crippen LogP contribution in [0, 0.1) is 5.92 Å². The molecule has 78 valence electrons. The zero-order valence-electron chi connectivity index (χ0n) is 8.53. The molecule has 0 aromatic heterocycles. The summed E-state index contributed by atoms with van der Waals surface area (Å²) >= 11 is 0. The van der Waals surface area contributed by atoms with Gasteiger partial charge in [0.1, 0.15) is 0 Å². The Morgan fingerprint density at radius 1 is 1.64 bits per heavy atom. The van der Waals surface area contributed by atoms with E-state index < -0.39 is 0 Å². The minimum Gasteiger partial charge on any atom is -0.453 e. The van der Waals surface area contributed by atoms with Crippen molar-refractivity contribution in [2.45, 2.75) is 19.3 Å². The van der Waals surface area contributed by atoms with Gasteiger partial charge in [-0.05, 0) is 25.2 Å². The Bertz CT molecular complexity index is 233. The van der Waals surface area contributed by atoms with Crippen LogP contribution < -0.4 is 5.32 Å². The molecule has 1 unspecified atom stereocenters. The van der Waals surface area contributed by atoms with E-state index in [1.54, 1.807) is 0 Å². The Morgan fingerprint density at radius 3 is 3.14 bits per heavy atom. The molecule has 0 aromatic carbocycles. The van der Waals surface area contributed by atoms with Crippen molar-refractivity contribution >= 4 is 6.09 Å². The number of carbonyl (C=O) groups is 1. The van der Waals surface area contributed by atoms with Crippen LogP contribution in [0.3, 0.4) is 0 Å². The molecule has 3 nitrogen and oxygen atoms in total. The van der Waals surface area contributed by atoms with E-state index in [0.717, 1.165) is 6.42 Å². The van der Waals surface area contributed by atoms with Gasteiger partial charge >= 0.3 is 6.09 Å². The van der Waals surface area contributed by atoms with E-state index in [1.807, 2.05) is 6.08 Å². The molecule has 1 atom stereocenters. The zero-order chi connectivity index (χ0) is 10.2. The van der Waals surface area contributed by atoms with E-state index >= 15 is 0 Å². The lowest BCUT2D eigenvalue weighted by Crippen LogP contribution is -2.22. The maximum absolute atomic E-state index is 10.7. The minimum absolute atomic E-state index is 0.377. The van der Waals surface area contributed by atoms with Crippen molar-refractivity contribution in [1.82, 2.24) is 5.32 Å². The molecular formula is C11H17NO2. The summed E-state index contributed by atoms with van der Waals surface area (Å²) in [5.74, 6) is 0.638. The lowest BCUT2D eigenvalue weighted by Gasteiger charge is -2.12. The topological polar surface area (TPSA) is 38.3 Å². The van der Waals surface area contributed by atoms with Crippen molar-refractivity contribution in [3.05, 3.63) is 24.3 Å². The molecule has 0 saturated heterocycles. The van der Waals surface area contributed by atoms with Gasteiger partial charge in [-0.1, -0.05) is 24.3 Å². The smallest absolute Gasteiger partial charge is 0.407 e. The van der Waals surface area contributed by atoms with Gasteiger partial charge in [0.15, 0.2) is 0 Å². The maximum atomic E-state index is 10.7. The predicted octanol–water partition coefficient (Wildman–Crippen LogP) is 2.25. The van der Waals surface area contributed by atoms with E-state index in [-0.39, 0.29) is 6.09 Å². The first-order valence-corrected chi connectivity index (χ1v) is 4.96. The van der Waals surface area contributed by atoms with E-state index in [2.05, 4.69) is 28.3 Å². The summed E-state index contributed by atoms with van der Waals surface area (Å²) in [6, 6.07) is 0. The Morgan fingerprint density at radius 2 is 2.50 bits per heavy atom. The quantitative estimate of drug-likeness (QED) is 0.701. The lowest BCUT2D eigenvalue weighted by atomic mass is 9.94. The normalized spacial score (nSPS) is 21.1. The first-order chi connectivity index (χ1) is 6.83. The molecule has 1 aliphatic carbocycles. The molecule has 0 bridgehead atoms. The second-order valence-corrected chi connectivity index (χ2v) is 3.35. The van der Waals surface area contributed by atoms with Crippen LogP contribution >= 0.6 is 0 Å². The molecule has 0 heterocycles. The third kappa shape index (κ3) is 4.12. The van der Waals surface area contributed by atoms with E-state index in [4.69, 9.17) is 0 Å².